The summed E-state index contributed by atoms with van der Waals surface area (Å²) in [4.78, 5) is 12.1. The summed E-state index contributed by atoms with van der Waals surface area (Å²) in [5.41, 5.74) is -1.03. The quantitative estimate of drug-likeness (QED) is 0.629. The highest BCUT2D eigenvalue weighted by atomic mass is 35.5. The van der Waals surface area contributed by atoms with Crippen molar-refractivity contribution in [2.24, 2.45) is 0 Å². The Balaban J connectivity index is 2.15. The summed E-state index contributed by atoms with van der Waals surface area (Å²) in [6, 6.07) is 6.61. The van der Waals surface area contributed by atoms with Gasteiger partial charge in [-0.25, -0.2) is 0 Å². The van der Waals surface area contributed by atoms with Crippen molar-refractivity contribution >= 4 is 11.6 Å². The summed E-state index contributed by atoms with van der Waals surface area (Å²) in [7, 11) is 0. The number of benzene rings is 1. The lowest BCUT2D eigenvalue weighted by molar-refractivity contribution is -0.137. The molecule has 7 heteroatoms. The molecule has 0 bridgehead atoms. The van der Waals surface area contributed by atoms with Crippen molar-refractivity contribution in [3.8, 4) is 5.75 Å². The first-order valence-electron chi connectivity index (χ1n) is 8.00. The Kier molecular flexibility index (Phi) is 6.53. The second-order valence-corrected chi connectivity index (χ2v) is 6.04. The summed E-state index contributed by atoms with van der Waals surface area (Å²) >= 11 is 5.87. The van der Waals surface area contributed by atoms with E-state index >= 15 is 0 Å². The van der Waals surface area contributed by atoms with Gasteiger partial charge < -0.3 is 9.30 Å². The summed E-state index contributed by atoms with van der Waals surface area (Å²) < 4.78 is 45.5. The van der Waals surface area contributed by atoms with Gasteiger partial charge in [0.25, 0.3) is 5.56 Å². The molecule has 0 saturated heterocycles. The topological polar surface area (TPSA) is 31.2 Å². The average Bonchev–Trinajstić information content (AvgIpc) is 2.54. The molecule has 1 aromatic heterocycles. The predicted molar refractivity (Wildman–Crippen MR) is 91.3 cm³/mol. The summed E-state index contributed by atoms with van der Waals surface area (Å²) in [6.07, 6.45) is -0.0183. The fourth-order valence-electron chi connectivity index (χ4n) is 2.36. The zero-order valence-corrected chi connectivity index (χ0v) is 14.5. The summed E-state index contributed by atoms with van der Waals surface area (Å²) in [5, 5.41) is -0.387. The molecule has 1 heterocycles. The first-order chi connectivity index (χ1) is 11.8. The Morgan fingerprint density at radius 1 is 1.20 bits per heavy atom. The van der Waals surface area contributed by atoms with Gasteiger partial charge in [-0.1, -0.05) is 43.5 Å². The van der Waals surface area contributed by atoms with Gasteiger partial charge in [-0.3, -0.25) is 4.79 Å². The van der Waals surface area contributed by atoms with Crippen LogP contribution < -0.4 is 10.3 Å². The molecular weight excluding hydrogens is 355 g/mol. The lowest BCUT2D eigenvalue weighted by Gasteiger charge is -2.13. The molecule has 0 fully saturated rings. The Bertz CT molecular complexity index is 772. The molecule has 0 N–H and O–H groups in total. The Morgan fingerprint density at radius 3 is 2.60 bits per heavy atom. The van der Waals surface area contributed by atoms with Crippen LogP contribution in [0, 0.1) is 0 Å². The molecule has 0 radical (unpaired) electrons. The lowest BCUT2D eigenvalue weighted by atomic mass is 10.1. The summed E-state index contributed by atoms with van der Waals surface area (Å²) in [5.74, 6) is 0.451. The van der Waals surface area contributed by atoms with Crippen LogP contribution >= 0.6 is 11.6 Å². The fourth-order valence-corrected chi connectivity index (χ4v) is 2.65. The lowest BCUT2D eigenvalue weighted by Crippen LogP contribution is -2.20. The first-order valence-corrected chi connectivity index (χ1v) is 8.38. The molecule has 1 aromatic carbocycles. The van der Waals surface area contributed by atoms with Gasteiger partial charge >= 0.3 is 6.18 Å². The van der Waals surface area contributed by atoms with Crippen LogP contribution in [-0.4, -0.2) is 11.2 Å². The predicted octanol–water partition coefficient (Wildman–Crippen LogP) is 5.14. The molecule has 0 amide bonds. The number of aromatic nitrogens is 1. The fraction of sp³-hybridized carbons (Fsp3) is 0.389. The minimum atomic E-state index is -4.53. The molecule has 0 atom stereocenters. The molecule has 0 aliphatic heterocycles. The Hall–Kier alpha value is -1.95. The number of nitrogens with zero attached hydrogens (tertiary/aromatic N) is 1. The van der Waals surface area contributed by atoms with Crippen LogP contribution in [0.3, 0.4) is 0 Å². The number of halogens is 4. The number of unbranched alkanes of at least 4 members (excludes halogenated alkanes) is 2. The van der Waals surface area contributed by atoms with Crippen LogP contribution in [0.5, 0.6) is 5.75 Å². The van der Waals surface area contributed by atoms with Crippen molar-refractivity contribution in [1.82, 2.24) is 4.57 Å². The van der Waals surface area contributed by atoms with Crippen molar-refractivity contribution in [1.29, 1.82) is 0 Å². The number of rotatable bonds is 7. The average molecular weight is 374 g/mol. The second-order valence-electron chi connectivity index (χ2n) is 5.66. The maximum absolute atomic E-state index is 12.9. The Labute approximate surface area is 149 Å². The van der Waals surface area contributed by atoms with Crippen LogP contribution in [0.4, 0.5) is 13.2 Å². The van der Waals surface area contributed by atoms with Crippen molar-refractivity contribution in [3.63, 3.8) is 0 Å². The maximum Gasteiger partial charge on any atom is 0.417 e. The monoisotopic (exact) mass is 373 g/mol. The molecule has 3 nitrogen and oxygen atoms in total. The molecule has 0 aliphatic rings. The minimum absolute atomic E-state index is 0.0439. The van der Waals surface area contributed by atoms with Crippen LogP contribution in [0.1, 0.15) is 37.3 Å². The number of alkyl halides is 3. The van der Waals surface area contributed by atoms with E-state index in [1.807, 2.05) is 0 Å². The number of hydrogen-bond acceptors (Lipinski definition) is 2. The molecule has 0 unspecified atom stereocenters. The molecule has 2 aromatic rings. The third-order valence-corrected chi connectivity index (χ3v) is 4.16. The van der Waals surface area contributed by atoms with Crippen molar-refractivity contribution in [3.05, 3.63) is 63.0 Å². The SMILES string of the molecule is CCCCCOc1ccn(Cc2cccc(C(F)(F)F)c2Cl)c(=O)c1. The molecule has 2 rings (SSSR count). The highest BCUT2D eigenvalue weighted by Crippen LogP contribution is 2.36. The standard InChI is InChI=1S/C18H19ClF3NO2/c1-2-3-4-10-25-14-8-9-23(16(24)11-14)12-13-6-5-7-15(17(13)19)18(20,21)22/h5-9,11H,2-4,10,12H2,1H3. The van der Waals surface area contributed by atoms with E-state index in [-0.39, 0.29) is 22.7 Å². The van der Waals surface area contributed by atoms with Crippen LogP contribution in [-0.2, 0) is 12.7 Å². The Morgan fingerprint density at radius 2 is 1.96 bits per heavy atom. The van der Waals surface area contributed by atoms with E-state index in [0.29, 0.717) is 12.4 Å². The van der Waals surface area contributed by atoms with Crippen molar-refractivity contribution in [2.45, 2.75) is 38.9 Å². The van der Waals surface area contributed by atoms with E-state index in [1.54, 1.807) is 6.07 Å². The van der Waals surface area contributed by atoms with Crippen molar-refractivity contribution in [2.75, 3.05) is 6.61 Å². The van der Waals surface area contributed by atoms with Gasteiger partial charge in [-0.2, -0.15) is 13.2 Å². The largest absolute Gasteiger partial charge is 0.493 e. The van der Waals surface area contributed by atoms with E-state index in [1.165, 1.54) is 29.0 Å². The van der Waals surface area contributed by atoms with E-state index in [4.69, 9.17) is 16.3 Å². The maximum atomic E-state index is 12.9. The highest BCUT2D eigenvalue weighted by Gasteiger charge is 2.33. The van der Waals surface area contributed by atoms with Gasteiger partial charge in [0, 0.05) is 12.3 Å². The van der Waals surface area contributed by atoms with Gasteiger partial charge in [0.05, 0.1) is 23.7 Å². The minimum Gasteiger partial charge on any atom is -0.493 e. The van der Waals surface area contributed by atoms with Gasteiger partial charge in [-0.05, 0) is 24.1 Å². The van der Waals surface area contributed by atoms with Gasteiger partial charge in [0.1, 0.15) is 5.75 Å². The molecule has 0 spiro atoms. The third-order valence-electron chi connectivity index (χ3n) is 3.71. The normalized spacial score (nSPS) is 11.6. The van der Waals surface area contributed by atoms with Crippen LogP contribution in [0.2, 0.25) is 5.02 Å². The zero-order chi connectivity index (χ0) is 18.4. The van der Waals surface area contributed by atoms with E-state index in [0.717, 1.165) is 25.3 Å². The van der Waals surface area contributed by atoms with E-state index < -0.39 is 11.7 Å². The van der Waals surface area contributed by atoms with Crippen molar-refractivity contribution < 1.29 is 17.9 Å². The zero-order valence-electron chi connectivity index (χ0n) is 13.8. The third kappa shape index (κ3) is 5.26. The highest BCUT2D eigenvalue weighted by molar-refractivity contribution is 6.32. The smallest absolute Gasteiger partial charge is 0.417 e. The first kappa shape index (κ1) is 19.4. The number of pyridine rings is 1. The van der Waals surface area contributed by atoms with Crippen LogP contribution in [0.25, 0.3) is 0 Å². The number of ether oxygens (including phenoxy) is 1. The molecule has 25 heavy (non-hydrogen) atoms. The van der Waals surface area contributed by atoms with E-state index in [9.17, 15) is 18.0 Å². The van der Waals surface area contributed by atoms with Gasteiger partial charge in [0.2, 0.25) is 0 Å². The van der Waals surface area contributed by atoms with Gasteiger partial charge in [0.15, 0.2) is 0 Å². The molecular formula is C18H19ClF3NO2. The van der Waals surface area contributed by atoms with Crippen LogP contribution in [0.15, 0.2) is 41.3 Å². The molecule has 0 aliphatic carbocycles. The van der Waals surface area contributed by atoms with Gasteiger partial charge in [-0.15, -0.1) is 0 Å². The molecule has 136 valence electrons. The molecule has 0 saturated carbocycles. The number of hydrogen-bond donors (Lipinski definition) is 0. The van der Waals surface area contributed by atoms with E-state index in [2.05, 4.69) is 6.92 Å². The second kappa shape index (κ2) is 8.43. The summed E-state index contributed by atoms with van der Waals surface area (Å²) in [6.45, 7) is 2.56.